The molecule has 0 aliphatic rings. The van der Waals surface area contributed by atoms with Gasteiger partial charge in [0.05, 0.1) is 226 Å². The van der Waals surface area contributed by atoms with Gasteiger partial charge in [-0.3, -0.25) is 43.2 Å². The predicted molar refractivity (Wildman–Crippen MR) is 459 cm³/mol. The van der Waals surface area contributed by atoms with Crippen LogP contribution >= 0.6 is 203 Å². The Morgan fingerprint density at radius 1 is 0.308 bits per heavy atom. The normalized spacial score (nSPS) is 14.6. The van der Waals surface area contributed by atoms with Crippen molar-refractivity contribution in [2.24, 2.45) is 5.41 Å². The van der Waals surface area contributed by atoms with E-state index in [-0.39, 0.29) is 82.6 Å². The van der Waals surface area contributed by atoms with E-state index in [0.29, 0.717) is 0 Å². The molecule has 3 aromatic carbocycles. The molecule has 9 atom stereocenters. The Balaban J connectivity index is 2.18. The van der Waals surface area contributed by atoms with Crippen LogP contribution in [-0.4, -0.2) is 323 Å². The average Bonchev–Trinajstić information content (AvgIpc) is 0.770. The second kappa shape index (κ2) is 49.0. The van der Waals surface area contributed by atoms with Crippen LogP contribution in [0.25, 0.3) is 0 Å². The van der Waals surface area contributed by atoms with Crippen LogP contribution in [0.15, 0.2) is 0 Å². The maximum absolute atomic E-state index is 13.9. The van der Waals surface area contributed by atoms with Gasteiger partial charge in [0.15, 0.2) is 0 Å². The van der Waals surface area contributed by atoms with Crippen molar-refractivity contribution >= 4 is 274 Å². The number of aliphatic hydroxyl groups excluding tert-OH is 15. The number of hydrogen-bond donors (Lipinski definition) is 21. The molecule has 36 nitrogen and oxygen atoms in total. The number of nitrogens with one attached hydrogen (secondary N) is 6. The van der Waals surface area contributed by atoms with Crippen molar-refractivity contribution in [1.29, 1.82) is 0 Å². The molecule has 0 heterocycles. The van der Waals surface area contributed by atoms with Gasteiger partial charge >= 0.3 is 0 Å². The Labute approximate surface area is 736 Å². The molecule has 0 bridgehead atoms. The lowest BCUT2D eigenvalue weighted by Crippen LogP contribution is -2.43. The number of carbonyl (C=O) groups is 9. The average molecular weight is 2530 g/mol. The molecule has 21 N–H and O–H groups in total. The van der Waals surface area contributed by atoms with Gasteiger partial charge in [0, 0.05) is 76.2 Å². The number of carbonyl (C=O) groups excluding carboxylic acids is 9. The molecule has 3 rings (SSSR count). The zero-order valence-electron chi connectivity index (χ0n) is 57.4. The van der Waals surface area contributed by atoms with Crippen LogP contribution < -0.4 is 46.6 Å². The van der Waals surface area contributed by atoms with Crippen LogP contribution in [0, 0.1) is 37.5 Å². The Bertz CT molecular complexity index is 3100. The van der Waals surface area contributed by atoms with Gasteiger partial charge in [-0.15, -0.1) is 0 Å². The summed E-state index contributed by atoms with van der Waals surface area (Å²) in [5, 5.41) is 167. The molecular weight excluding hydrogens is 2440 g/mol. The molecule has 0 aliphatic heterocycles. The Hall–Kier alpha value is -1.26. The molecule has 0 aromatic heterocycles. The van der Waals surface area contributed by atoms with E-state index in [1.165, 1.54) is 0 Å². The highest BCUT2D eigenvalue weighted by atomic mass is 127. The van der Waals surface area contributed by atoms with Crippen molar-refractivity contribution in [3.8, 4) is 0 Å². The minimum absolute atomic E-state index is 0.0316. The van der Waals surface area contributed by atoms with Crippen molar-refractivity contribution in [1.82, 2.24) is 31.9 Å². The first kappa shape index (κ1) is 99.9. The first-order chi connectivity index (χ1) is 50.1. The Kier molecular flexibility index (Phi) is 45.7. The molecule has 3 aromatic rings. The van der Waals surface area contributed by atoms with E-state index in [9.17, 15) is 120 Å². The summed E-state index contributed by atoms with van der Waals surface area (Å²) in [5.41, 5.74) is -2.39. The van der Waals surface area contributed by atoms with E-state index in [2.05, 4.69) is 31.9 Å². The van der Waals surface area contributed by atoms with Crippen LogP contribution in [0.4, 0.5) is 17.1 Å². The Morgan fingerprint density at radius 3 is 0.607 bits per heavy atom. The summed E-state index contributed by atoms with van der Waals surface area (Å²) in [6.07, 6.45) is -13.1. The van der Waals surface area contributed by atoms with Crippen molar-refractivity contribution in [2.75, 3.05) is 153 Å². The molecule has 602 valence electrons. The lowest BCUT2D eigenvalue weighted by Gasteiger charge is -2.32. The van der Waals surface area contributed by atoms with Gasteiger partial charge < -0.3 is 137 Å². The first-order valence-corrected chi connectivity index (χ1v) is 41.5. The zero-order valence-corrected chi connectivity index (χ0v) is 76.8. The number of aliphatic hydroxyl groups is 15. The van der Waals surface area contributed by atoms with Gasteiger partial charge in [-0.05, 0) is 203 Å². The van der Waals surface area contributed by atoms with Crippen LogP contribution in [0.2, 0.25) is 0 Å². The molecule has 107 heavy (non-hydrogen) atoms. The summed E-state index contributed by atoms with van der Waals surface area (Å²) in [4.78, 5) is 128. The summed E-state index contributed by atoms with van der Waals surface area (Å²) in [6.45, 7) is -6.51. The van der Waals surface area contributed by atoms with Gasteiger partial charge in [-0.2, -0.15) is 0 Å². The van der Waals surface area contributed by atoms with Crippen LogP contribution in [0.5, 0.6) is 0 Å². The zero-order chi connectivity index (χ0) is 81.2. The van der Waals surface area contributed by atoms with E-state index in [4.69, 9.17) is 14.2 Å². The highest BCUT2D eigenvalue weighted by Crippen LogP contribution is 2.42. The molecule has 0 aliphatic carbocycles. The summed E-state index contributed by atoms with van der Waals surface area (Å²) in [7, 11) is 0. The van der Waals surface area contributed by atoms with Crippen molar-refractivity contribution in [3.05, 3.63) is 65.5 Å². The lowest BCUT2D eigenvalue weighted by molar-refractivity contribution is -0.117. The maximum atomic E-state index is 13.9. The number of nitrogens with zero attached hydrogens (tertiary/aromatic N) is 3. The minimum Gasteiger partial charge on any atom is -0.394 e. The molecule has 0 spiro atoms. The van der Waals surface area contributed by atoms with Crippen molar-refractivity contribution in [3.63, 3.8) is 0 Å². The number of ether oxygens (including phenoxy) is 3. The quantitative estimate of drug-likeness (QED) is 0.0255. The molecular formula is C62H84I9N9O27. The van der Waals surface area contributed by atoms with E-state index >= 15 is 0 Å². The van der Waals surface area contributed by atoms with Crippen LogP contribution in [-0.2, 0) is 28.6 Å². The number of halogens is 9. The number of rotatable bonds is 45. The number of anilines is 3. The molecule has 0 saturated heterocycles. The number of benzene rings is 3. The van der Waals surface area contributed by atoms with Crippen LogP contribution in [0.1, 0.15) is 89.8 Å². The fourth-order valence-corrected chi connectivity index (χ4v) is 23.6. The minimum atomic E-state index is -1.59. The smallest absolute Gasteiger partial charge is 0.253 e. The number of amides is 9. The van der Waals surface area contributed by atoms with Crippen molar-refractivity contribution in [2.45, 2.75) is 82.6 Å². The summed E-state index contributed by atoms with van der Waals surface area (Å²) < 4.78 is 19.2. The fourth-order valence-electron chi connectivity index (χ4n) is 9.41. The summed E-state index contributed by atoms with van der Waals surface area (Å²) in [6, 6.07) is 0. The molecule has 45 heteroatoms. The molecule has 0 fully saturated rings. The second-order valence-corrected chi connectivity index (χ2v) is 33.8. The van der Waals surface area contributed by atoms with Crippen molar-refractivity contribution < 1.29 is 134 Å². The monoisotopic (exact) mass is 2530 g/mol. The van der Waals surface area contributed by atoms with Crippen LogP contribution in [0.3, 0.4) is 0 Å². The predicted octanol–water partition coefficient (Wildman–Crippen LogP) is -2.78. The third kappa shape index (κ3) is 29.5. The molecule has 9 amide bonds. The SMILES string of the molecule is CC(=O)N(CC(O)COCC(C)(COCC(O)CN(C(C)=O)c1c(I)c(C(=O)NCC(O)CO)c(I)c(C(=O)NCC(O)CO)c1I)COCC(O)CN(C(C)=O)c1c(I)c(C(=O)NCC(O)CO)c(I)c(C(=O)NCC(O)CO)c1I)c1c(I)c(C(=O)NCC(O)CO)c(I)c(C(=O)NCC(O)CO)c1I. The largest absolute Gasteiger partial charge is 0.394 e. The van der Waals surface area contributed by atoms with Gasteiger partial charge in [0.2, 0.25) is 17.7 Å². The highest BCUT2D eigenvalue weighted by molar-refractivity contribution is 14.1. The fraction of sp³-hybridized carbons (Fsp3) is 0.565. The molecule has 9 unspecified atom stereocenters. The van der Waals surface area contributed by atoms with E-state index in [0.717, 1.165) is 35.5 Å². The molecule has 0 radical (unpaired) electrons. The number of hydrogen-bond acceptors (Lipinski definition) is 27. The van der Waals surface area contributed by atoms with E-state index in [1.54, 1.807) is 210 Å². The van der Waals surface area contributed by atoms with E-state index < -0.39 is 252 Å². The summed E-state index contributed by atoms with van der Waals surface area (Å²) in [5.74, 6) is -7.15. The van der Waals surface area contributed by atoms with Gasteiger partial charge in [0.25, 0.3) is 35.4 Å². The van der Waals surface area contributed by atoms with Gasteiger partial charge in [0.1, 0.15) is 0 Å². The third-order valence-electron chi connectivity index (χ3n) is 14.9. The standard InChI is InChI=1S/C62H84I9N9O27/c1-26(87)78(53-47(66)38(56(99)72-5-29(90)14-81)44(63)39(48(53)67)57(100)73-6-30(91)15-82)11-35(96)20-105-23-62(4,24-106-21-36(97)12-79(27(2)88)54-49(68)40(58(101)74-7-31(92)16-83)45(64)41(50(54)69)59(102)75-8-32(93)17-84)25-107-22-37(98)13-80(28(3)89)55-51(70)42(60(103)76-9-33(94)18-85)46(65)43(52(55)71)61(104)77-10-34(95)19-86/h29-37,81-86,90-98H,5-25H2,1-4H3,(H,72,99)(H,73,100)(H,74,101)(H,75,102)(H,76,103)(H,77,104). The summed E-state index contributed by atoms with van der Waals surface area (Å²) >= 11 is 15.9. The topological polar surface area (TPSA) is 567 Å². The van der Waals surface area contributed by atoms with E-state index in [1.807, 2.05) is 0 Å². The van der Waals surface area contributed by atoms with Gasteiger partial charge in [-0.1, -0.05) is 6.92 Å². The second-order valence-electron chi connectivity index (χ2n) is 24.1. The maximum Gasteiger partial charge on any atom is 0.253 e. The highest BCUT2D eigenvalue weighted by Gasteiger charge is 2.38. The lowest BCUT2D eigenvalue weighted by atomic mass is 9.94. The third-order valence-corrected chi connectivity index (χ3v) is 24.4. The molecule has 0 saturated carbocycles. The first-order valence-electron chi connectivity index (χ1n) is 31.8. The van der Waals surface area contributed by atoms with Gasteiger partial charge in [-0.25, -0.2) is 0 Å². The Morgan fingerprint density at radius 2 is 0.467 bits per heavy atom.